The Balaban J connectivity index is 2.15. The van der Waals surface area contributed by atoms with Gasteiger partial charge in [-0.15, -0.1) is 0 Å². The average Bonchev–Trinajstić information content (AvgIpc) is 2.67. The first-order chi connectivity index (χ1) is 14.7. The lowest BCUT2D eigenvalue weighted by Gasteiger charge is -2.40. The average molecular weight is 442 g/mol. The standard InChI is InChI=1S/C20H39N7O4/c21-18(29)13-24-5-7-25(14-19(22)30)9-11-27(16-3-1-2-4-17(16)28)12-10-26(8-6-24)15-20(23)31/h16-17,28H,1-15H2,(H2,21,29)(H2,22,30)(H2,23,31). The fourth-order valence-corrected chi connectivity index (χ4v) is 4.54. The maximum Gasteiger partial charge on any atom is 0.231 e. The van der Waals surface area contributed by atoms with Gasteiger partial charge in [0, 0.05) is 58.4 Å². The highest BCUT2D eigenvalue weighted by Gasteiger charge is 2.29. The molecule has 2 unspecified atom stereocenters. The second-order valence-corrected chi connectivity index (χ2v) is 8.68. The third kappa shape index (κ3) is 9.48. The molecule has 0 aromatic rings. The number of rotatable bonds is 7. The Kier molecular flexibility index (Phi) is 10.6. The van der Waals surface area contributed by atoms with Crippen LogP contribution in [0.2, 0.25) is 0 Å². The molecule has 1 aliphatic heterocycles. The van der Waals surface area contributed by atoms with Crippen LogP contribution in [-0.4, -0.2) is 127 Å². The number of amides is 3. The SMILES string of the molecule is NC(=O)CN1CCN(CC(N)=O)CCN(C2CCCCC2O)CCN(CC(N)=O)CC1. The molecule has 1 heterocycles. The monoisotopic (exact) mass is 441 g/mol. The van der Waals surface area contributed by atoms with Crippen LogP contribution >= 0.6 is 0 Å². The zero-order chi connectivity index (χ0) is 22.8. The summed E-state index contributed by atoms with van der Waals surface area (Å²) >= 11 is 0. The van der Waals surface area contributed by atoms with Gasteiger partial charge < -0.3 is 22.3 Å². The second kappa shape index (κ2) is 12.9. The lowest BCUT2D eigenvalue weighted by Crippen LogP contribution is -2.53. The molecular formula is C20H39N7O4. The zero-order valence-electron chi connectivity index (χ0n) is 18.5. The normalized spacial score (nSPS) is 26.6. The van der Waals surface area contributed by atoms with Crippen molar-refractivity contribution in [2.45, 2.75) is 37.8 Å². The van der Waals surface area contributed by atoms with Crippen LogP contribution in [-0.2, 0) is 14.4 Å². The van der Waals surface area contributed by atoms with Gasteiger partial charge >= 0.3 is 0 Å². The molecule has 2 atom stereocenters. The largest absolute Gasteiger partial charge is 0.391 e. The molecule has 11 heteroatoms. The van der Waals surface area contributed by atoms with E-state index in [9.17, 15) is 19.5 Å². The minimum absolute atomic E-state index is 0.0638. The van der Waals surface area contributed by atoms with Gasteiger partial charge in [0.2, 0.25) is 17.7 Å². The number of nitrogens with two attached hydrogens (primary N) is 3. The first-order valence-electron chi connectivity index (χ1n) is 11.2. The van der Waals surface area contributed by atoms with Gasteiger partial charge in [-0.2, -0.15) is 0 Å². The predicted octanol–water partition coefficient (Wildman–Crippen LogP) is -3.03. The van der Waals surface area contributed by atoms with Crippen LogP contribution in [0.1, 0.15) is 25.7 Å². The maximum atomic E-state index is 11.6. The second-order valence-electron chi connectivity index (χ2n) is 8.68. The van der Waals surface area contributed by atoms with Gasteiger partial charge in [0.15, 0.2) is 0 Å². The molecule has 1 saturated carbocycles. The van der Waals surface area contributed by atoms with E-state index in [0.29, 0.717) is 52.4 Å². The number of nitrogens with zero attached hydrogens (tertiary/aromatic N) is 4. The summed E-state index contributed by atoms with van der Waals surface area (Å²) in [7, 11) is 0. The highest BCUT2D eigenvalue weighted by atomic mass is 16.3. The third-order valence-corrected chi connectivity index (χ3v) is 6.17. The topological polar surface area (TPSA) is 162 Å². The van der Waals surface area contributed by atoms with Gasteiger partial charge in [-0.3, -0.25) is 34.0 Å². The summed E-state index contributed by atoms with van der Waals surface area (Å²) < 4.78 is 0. The van der Waals surface area contributed by atoms with Crippen molar-refractivity contribution < 1.29 is 19.5 Å². The Bertz CT molecular complexity index is 574. The minimum atomic E-state index is -0.424. The van der Waals surface area contributed by atoms with Crippen LogP contribution in [0.5, 0.6) is 0 Å². The molecule has 2 fully saturated rings. The molecule has 0 aromatic heterocycles. The number of aliphatic hydroxyl groups is 1. The zero-order valence-corrected chi connectivity index (χ0v) is 18.5. The number of carbonyl (C=O) groups excluding carboxylic acids is 3. The van der Waals surface area contributed by atoms with E-state index in [1.54, 1.807) is 0 Å². The van der Waals surface area contributed by atoms with Crippen molar-refractivity contribution in [2.75, 3.05) is 72.0 Å². The van der Waals surface area contributed by atoms with Gasteiger partial charge in [0.25, 0.3) is 0 Å². The summed E-state index contributed by atoms with van der Waals surface area (Å²) in [6.07, 6.45) is 3.46. The van der Waals surface area contributed by atoms with E-state index < -0.39 is 17.7 Å². The highest BCUT2D eigenvalue weighted by molar-refractivity contribution is 5.76. The number of aliphatic hydroxyl groups excluding tert-OH is 1. The lowest BCUT2D eigenvalue weighted by molar-refractivity contribution is -0.121. The van der Waals surface area contributed by atoms with Crippen LogP contribution in [0.4, 0.5) is 0 Å². The summed E-state index contributed by atoms with van der Waals surface area (Å²) in [6.45, 7) is 5.19. The van der Waals surface area contributed by atoms with Crippen LogP contribution in [0.25, 0.3) is 0 Å². The Labute approximate surface area is 184 Å². The molecule has 1 aliphatic carbocycles. The van der Waals surface area contributed by atoms with E-state index in [1.165, 1.54) is 0 Å². The summed E-state index contributed by atoms with van der Waals surface area (Å²) in [5, 5.41) is 10.6. The molecular weight excluding hydrogens is 402 g/mol. The number of carbonyl (C=O) groups is 3. The molecule has 0 spiro atoms. The fraction of sp³-hybridized carbons (Fsp3) is 0.850. The van der Waals surface area contributed by atoms with Crippen molar-refractivity contribution in [1.82, 2.24) is 19.6 Å². The Morgan fingerprint density at radius 1 is 0.645 bits per heavy atom. The van der Waals surface area contributed by atoms with Crippen LogP contribution in [0, 0.1) is 0 Å². The molecule has 2 aliphatic rings. The summed E-state index contributed by atoms with van der Waals surface area (Å²) in [6, 6.07) is 0.0638. The molecule has 178 valence electrons. The quantitative estimate of drug-likeness (QED) is 0.324. The molecule has 0 bridgehead atoms. The highest BCUT2D eigenvalue weighted by Crippen LogP contribution is 2.23. The fourth-order valence-electron chi connectivity index (χ4n) is 4.54. The van der Waals surface area contributed by atoms with Gasteiger partial charge in [-0.05, 0) is 12.8 Å². The van der Waals surface area contributed by atoms with Crippen molar-refractivity contribution in [3.8, 4) is 0 Å². The number of primary amides is 3. The van der Waals surface area contributed by atoms with Crippen molar-refractivity contribution in [3.63, 3.8) is 0 Å². The van der Waals surface area contributed by atoms with E-state index in [0.717, 1.165) is 25.7 Å². The van der Waals surface area contributed by atoms with E-state index in [1.807, 2.05) is 14.7 Å². The molecule has 31 heavy (non-hydrogen) atoms. The Morgan fingerprint density at radius 2 is 1.00 bits per heavy atom. The van der Waals surface area contributed by atoms with Crippen molar-refractivity contribution in [1.29, 1.82) is 0 Å². The van der Waals surface area contributed by atoms with Gasteiger partial charge in [0.05, 0.1) is 25.7 Å². The van der Waals surface area contributed by atoms with Crippen molar-refractivity contribution in [2.24, 2.45) is 17.2 Å². The summed E-state index contributed by atoms with van der Waals surface area (Å²) in [5.41, 5.74) is 16.3. The van der Waals surface area contributed by atoms with Crippen LogP contribution < -0.4 is 17.2 Å². The van der Waals surface area contributed by atoms with Crippen molar-refractivity contribution in [3.05, 3.63) is 0 Å². The van der Waals surface area contributed by atoms with Gasteiger partial charge in [-0.1, -0.05) is 12.8 Å². The third-order valence-electron chi connectivity index (χ3n) is 6.17. The molecule has 0 aromatic carbocycles. The molecule has 11 nitrogen and oxygen atoms in total. The first-order valence-corrected chi connectivity index (χ1v) is 11.2. The van der Waals surface area contributed by atoms with E-state index in [2.05, 4.69) is 4.90 Å². The predicted molar refractivity (Wildman–Crippen MR) is 117 cm³/mol. The van der Waals surface area contributed by atoms with Crippen LogP contribution in [0.15, 0.2) is 0 Å². The minimum Gasteiger partial charge on any atom is -0.391 e. The molecule has 7 N–H and O–H groups in total. The van der Waals surface area contributed by atoms with E-state index >= 15 is 0 Å². The molecule has 2 rings (SSSR count). The van der Waals surface area contributed by atoms with E-state index in [4.69, 9.17) is 17.2 Å². The summed E-state index contributed by atoms with van der Waals surface area (Å²) in [4.78, 5) is 42.8. The maximum absolute atomic E-state index is 11.6. The Morgan fingerprint density at radius 3 is 1.35 bits per heavy atom. The first kappa shape index (κ1) is 25.5. The smallest absolute Gasteiger partial charge is 0.231 e. The van der Waals surface area contributed by atoms with Gasteiger partial charge in [0.1, 0.15) is 0 Å². The number of hydrogen-bond donors (Lipinski definition) is 4. The summed E-state index contributed by atoms with van der Waals surface area (Å²) in [5.74, 6) is -1.22. The van der Waals surface area contributed by atoms with Crippen molar-refractivity contribution >= 4 is 17.7 Å². The molecule has 1 saturated heterocycles. The lowest BCUT2D eigenvalue weighted by atomic mass is 9.91. The Hall–Kier alpha value is -1.79. The van der Waals surface area contributed by atoms with Crippen LogP contribution in [0.3, 0.4) is 0 Å². The van der Waals surface area contributed by atoms with E-state index in [-0.39, 0.29) is 31.8 Å². The number of hydrogen-bond acceptors (Lipinski definition) is 8. The molecule has 0 radical (unpaired) electrons. The van der Waals surface area contributed by atoms with Gasteiger partial charge in [-0.25, -0.2) is 0 Å². The molecule has 3 amide bonds.